The van der Waals surface area contributed by atoms with Crippen LogP contribution in [0.2, 0.25) is 0 Å². The van der Waals surface area contributed by atoms with E-state index in [1.54, 1.807) is 0 Å². The summed E-state index contributed by atoms with van der Waals surface area (Å²) in [7, 11) is 0. The van der Waals surface area contributed by atoms with Crippen molar-refractivity contribution in [2.75, 3.05) is 0 Å². The maximum atomic E-state index is 11.5. The van der Waals surface area contributed by atoms with Crippen LogP contribution in [0.4, 0.5) is 0 Å². The van der Waals surface area contributed by atoms with E-state index in [2.05, 4.69) is 0 Å². The Labute approximate surface area is 276 Å². The Morgan fingerprint density at radius 3 is 0.550 bits per heavy atom. The van der Waals surface area contributed by atoms with Crippen LogP contribution >= 0.6 is 0 Å². The Bertz CT molecular complexity index is 801. The minimum Gasteiger partial charge on any atom is -0.512 e. The molecular formula is C33H60O6Tb. The molecular weight excluding hydrogens is 651 g/mol. The van der Waals surface area contributed by atoms with Crippen molar-refractivity contribution in [3.05, 3.63) is 35.5 Å². The Morgan fingerprint density at radius 2 is 0.475 bits per heavy atom. The van der Waals surface area contributed by atoms with Gasteiger partial charge in [0.05, 0.1) is 0 Å². The second-order valence-corrected chi connectivity index (χ2v) is 16.2. The van der Waals surface area contributed by atoms with Crippen molar-refractivity contribution < 1.29 is 68.3 Å². The van der Waals surface area contributed by atoms with Crippen molar-refractivity contribution in [3.63, 3.8) is 0 Å². The van der Waals surface area contributed by atoms with E-state index in [9.17, 15) is 29.7 Å². The topological polar surface area (TPSA) is 112 Å². The van der Waals surface area contributed by atoms with Gasteiger partial charge in [-0.3, -0.25) is 14.4 Å². The van der Waals surface area contributed by atoms with Crippen molar-refractivity contribution >= 4 is 17.3 Å². The predicted octanol–water partition coefficient (Wildman–Crippen LogP) is 9.27. The first-order chi connectivity index (χ1) is 16.6. The van der Waals surface area contributed by atoms with E-state index in [0.29, 0.717) is 0 Å². The maximum Gasteiger partial charge on any atom is 0.164 e. The number of carbonyl (C=O) groups is 3. The number of aliphatic hydroxyl groups excluding tert-OH is 3. The molecule has 0 saturated carbocycles. The summed E-state index contributed by atoms with van der Waals surface area (Å²) < 4.78 is 0. The zero-order valence-electron chi connectivity index (χ0n) is 28.6. The molecule has 0 heterocycles. The molecule has 0 atom stereocenters. The van der Waals surface area contributed by atoms with Crippen molar-refractivity contribution in [2.24, 2.45) is 32.5 Å². The molecule has 3 N–H and O–H groups in total. The fourth-order valence-electron chi connectivity index (χ4n) is 1.67. The van der Waals surface area contributed by atoms with Crippen LogP contribution in [0.25, 0.3) is 0 Å². The van der Waals surface area contributed by atoms with Gasteiger partial charge in [-0.15, -0.1) is 0 Å². The van der Waals surface area contributed by atoms with Gasteiger partial charge in [0.2, 0.25) is 0 Å². The van der Waals surface area contributed by atoms with Gasteiger partial charge in [-0.05, 0) is 0 Å². The van der Waals surface area contributed by atoms with Crippen molar-refractivity contribution in [3.8, 4) is 0 Å². The third-order valence-electron chi connectivity index (χ3n) is 5.33. The summed E-state index contributed by atoms with van der Waals surface area (Å²) in [6, 6.07) is 0. The van der Waals surface area contributed by atoms with Gasteiger partial charge in [0.15, 0.2) is 17.3 Å². The molecule has 1 radical (unpaired) electrons. The maximum absolute atomic E-state index is 11.5. The number of rotatable bonds is 3. The van der Waals surface area contributed by atoms with Gasteiger partial charge in [-0.25, -0.2) is 0 Å². The zero-order valence-corrected chi connectivity index (χ0v) is 30.8. The molecule has 0 aliphatic heterocycles. The van der Waals surface area contributed by atoms with E-state index < -0.39 is 16.2 Å². The average Bonchev–Trinajstić information content (AvgIpc) is 2.64. The SMILES string of the molecule is CC(C)(C)C(=O)/C=C(/O)C(C)(C)C.CC(C)(C)C(=O)/C=C(/O)C(C)(C)C.CC(C)(C)C(=O)/C=C(/O)C(C)(C)C.[Tb]. The number of ketones is 3. The summed E-state index contributed by atoms with van der Waals surface area (Å²) in [5.41, 5.74) is -2.29. The van der Waals surface area contributed by atoms with Crippen LogP contribution in [0.1, 0.15) is 125 Å². The molecule has 7 heteroatoms. The summed E-state index contributed by atoms with van der Waals surface area (Å²) in [5.74, 6) is 0.312. The summed E-state index contributed by atoms with van der Waals surface area (Å²) in [6.07, 6.45) is 4.00. The van der Waals surface area contributed by atoms with Crippen LogP contribution in [-0.2, 0) is 14.4 Å². The van der Waals surface area contributed by atoms with Gasteiger partial charge in [0.1, 0.15) is 17.3 Å². The number of hydrogen-bond acceptors (Lipinski definition) is 6. The monoisotopic (exact) mass is 711 g/mol. The Morgan fingerprint density at radius 1 is 0.350 bits per heavy atom. The molecule has 0 aliphatic rings. The van der Waals surface area contributed by atoms with Gasteiger partial charge in [0.25, 0.3) is 0 Å². The quantitative estimate of drug-likeness (QED) is 0.199. The van der Waals surface area contributed by atoms with E-state index in [1.807, 2.05) is 125 Å². The molecule has 0 aliphatic carbocycles. The number of allylic oxidation sites excluding steroid dienone is 6. The molecule has 40 heavy (non-hydrogen) atoms. The molecule has 0 aromatic rings. The number of aliphatic hydroxyl groups is 3. The molecule has 0 aromatic heterocycles. The molecule has 0 saturated heterocycles. The fraction of sp³-hybridized carbons (Fsp3) is 0.727. The first-order valence-corrected chi connectivity index (χ1v) is 13.5. The summed E-state index contributed by atoms with van der Waals surface area (Å²) >= 11 is 0. The predicted molar refractivity (Wildman–Crippen MR) is 164 cm³/mol. The Hall–Kier alpha value is -1.08. The second-order valence-electron chi connectivity index (χ2n) is 16.2. The van der Waals surface area contributed by atoms with Gasteiger partial charge >= 0.3 is 0 Å². The first-order valence-electron chi connectivity index (χ1n) is 13.5. The molecule has 0 amide bonds. The van der Waals surface area contributed by atoms with Gasteiger partial charge in [-0.1, -0.05) is 125 Å². The molecule has 237 valence electrons. The smallest absolute Gasteiger partial charge is 0.164 e. The van der Waals surface area contributed by atoms with E-state index in [1.165, 1.54) is 18.2 Å². The van der Waals surface area contributed by atoms with Crippen molar-refractivity contribution in [2.45, 2.75) is 125 Å². The van der Waals surface area contributed by atoms with Crippen LogP contribution in [-0.4, -0.2) is 32.7 Å². The molecule has 6 nitrogen and oxygen atoms in total. The number of carbonyl (C=O) groups excluding carboxylic acids is 3. The normalized spacial score (nSPS) is 14.1. The standard InChI is InChI=1S/3C11H20O2.Tb/c3*1-10(2,3)8(12)7-9(13)11(4,5)6;/h3*7,12H,1-6H3;/b3*8-7+;. The third-order valence-corrected chi connectivity index (χ3v) is 5.33. The van der Waals surface area contributed by atoms with E-state index in [-0.39, 0.29) is 89.5 Å². The van der Waals surface area contributed by atoms with E-state index >= 15 is 0 Å². The largest absolute Gasteiger partial charge is 0.512 e. The number of hydrogen-bond donors (Lipinski definition) is 3. The van der Waals surface area contributed by atoms with Crippen LogP contribution < -0.4 is 0 Å². The van der Waals surface area contributed by atoms with Crippen LogP contribution in [0.3, 0.4) is 0 Å². The van der Waals surface area contributed by atoms with E-state index in [0.717, 1.165) is 0 Å². The van der Waals surface area contributed by atoms with Gasteiger partial charge in [-0.2, -0.15) is 0 Å². The fourth-order valence-corrected chi connectivity index (χ4v) is 1.67. The van der Waals surface area contributed by atoms with Crippen LogP contribution in [0, 0.1) is 71.1 Å². The minimum atomic E-state index is -0.417. The van der Waals surface area contributed by atoms with Crippen LogP contribution in [0.15, 0.2) is 35.5 Å². The van der Waals surface area contributed by atoms with Crippen LogP contribution in [0.5, 0.6) is 0 Å². The van der Waals surface area contributed by atoms with Crippen molar-refractivity contribution in [1.29, 1.82) is 0 Å². The summed E-state index contributed by atoms with van der Waals surface area (Å²) in [6.45, 7) is 33.3. The second kappa shape index (κ2) is 16.5. The Kier molecular flexibility index (Phi) is 19.0. The van der Waals surface area contributed by atoms with Gasteiger partial charge < -0.3 is 15.3 Å². The van der Waals surface area contributed by atoms with Crippen molar-refractivity contribution in [1.82, 2.24) is 0 Å². The third kappa shape index (κ3) is 21.6. The van der Waals surface area contributed by atoms with Gasteiger partial charge in [0, 0.05) is 89.3 Å². The minimum absolute atomic E-state index is 0. The summed E-state index contributed by atoms with van der Waals surface area (Å²) in [4.78, 5) is 34.5. The Balaban J connectivity index is -0.000000240. The molecule has 0 fully saturated rings. The van der Waals surface area contributed by atoms with E-state index in [4.69, 9.17) is 0 Å². The first kappa shape index (κ1) is 45.9. The molecule has 0 unspecified atom stereocenters. The average molecular weight is 712 g/mol. The molecule has 0 bridgehead atoms. The zero-order chi connectivity index (χ0) is 32.6. The molecule has 0 spiro atoms. The molecule has 0 aromatic carbocycles. The molecule has 0 rings (SSSR count). The summed E-state index contributed by atoms with van der Waals surface area (Å²) in [5, 5.41) is 28.7.